The molecule has 0 spiro atoms. The van der Waals surface area contributed by atoms with Crippen LogP contribution >= 0.6 is 0 Å². The van der Waals surface area contributed by atoms with Crippen LogP contribution in [-0.4, -0.2) is 73.9 Å². The van der Waals surface area contributed by atoms with Gasteiger partial charge in [0.05, 0.1) is 11.9 Å². The number of nitrogens with one attached hydrogen (secondary N) is 1. The SMILES string of the molecule is CC(C)(C)OC(=O)N1CC2CN(c3nc(-c4ccc5c(C#N)c[nH]c5c4)c4ncn(C5CCCCO5)c4n3)CC2C1. The summed E-state index contributed by atoms with van der Waals surface area (Å²) in [4.78, 5) is 34.9. The molecule has 3 saturated heterocycles. The third kappa shape index (κ3) is 4.66. The molecule has 1 aromatic carbocycles. The molecule has 3 fully saturated rings. The molecule has 4 aromatic rings. The smallest absolute Gasteiger partial charge is 0.410 e. The van der Waals surface area contributed by atoms with E-state index in [0.717, 1.165) is 72.3 Å². The number of nitrogens with zero attached hydrogens (tertiary/aromatic N) is 7. The zero-order chi connectivity index (χ0) is 28.3. The number of rotatable bonds is 3. The molecule has 212 valence electrons. The van der Waals surface area contributed by atoms with Gasteiger partial charge in [0.2, 0.25) is 5.95 Å². The van der Waals surface area contributed by atoms with Crippen LogP contribution in [0.1, 0.15) is 51.8 Å². The van der Waals surface area contributed by atoms with E-state index in [1.807, 2.05) is 54.8 Å². The van der Waals surface area contributed by atoms with Gasteiger partial charge >= 0.3 is 6.09 Å². The van der Waals surface area contributed by atoms with E-state index in [0.29, 0.717) is 36.4 Å². The highest BCUT2D eigenvalue weighted by atomic mass is 16.6. The number of carbonyl (C=O) groups excluding carboxylic acids is 1. The van der Waals surface area contributed by atoms with Crippen LogP contribution in [0.25, 0.3) is 33.3 Å². The molecule has 3 aliphatic rings. The Bertz CT molecular complexity index is 1660. The number of fused-ring (bicyclic) bond motifs is 3. The molecule has 3 aromatic heterocycles. The fraction of sp³-hybridized carbons (Fsp3) is 0.500. The zero-order valence-corrected chi connectivity index (χ0v) is 23.6. The van der Waals surface area contributed by atoms with E-state index in [2.05, 4.69) is 16.0 Å². The number of anilines is 1. The quantitative estimate of drug-likeness (QED) is 0.381. The molecule has 41 heavy (non-hydrogen) atoms. The van der Waals surface area contributed by atoms with Gasteiger partial charge < -0.3 is 24.3 Å². The minimum atomic E-state index is -0.509. The first-order chi connectivity index (χ1) is 19.8. The number of likely N-dealkylation sites (tertiary alicyclic amines) is 1. The second-order valence-electron chi connectivity index (χ2n) is 12.4. The molecule has 3 aliphatic heterocycles. The summed E-state index contributed by atoms with van der Waals surface area (Å²) >= 11 is 0. The lowest BCUT2D eigenvalue weighted by Gasteiger charge is -2.26. The van der Waals surface area contributed by atoms with Crippen molar-refractivity contribution >= 4 is 34.1 Å². The Morgan fingerprint density at radius 3 is 2.66 bits per heavy atom. The molecule has 1 amide bonds. The molecule has 0 radical (unpaired) electrons. The van der Waals surface area contributed by atoms with Crippen LogP contribution in [0.15, 0.2) is 30.7 Å². The predicted molar refractivity (Wildman–Crippen MR) is 153 cm³/mol. The van der Waals surface area contributed by atoms with Crippen molar-refractivity contribution in [3.8, 4) is 17.3 Å². The average molecular weight is 555 g/mol. The van der Waals surface area contributed by atoms with E-state index in [1.165, 1.54) is 0 Å². The maximum Gasteiger partial charge on any atom is 0.410 e. The van der Waals surface area contributed by atoms with Crippen molar-refractivity contribution in [2.24, 2.45) is 11.8 Å². The number of amides is 1. The number of hydrogen-bond donors (Lipinski definition) is 1. The van der Waals surface area contributed by atoms with Crippen LogP contribution < -0.4 is 4.90 Å². The molecule has 0 aliphatic carbocycles. The van der Waals surface area contributed by atoms with Crippen LogP contribution in [0.3, 0.4) is 0 Å². The Morgan fingerprint density at radius 1 is 1.15 bits per heavy atom. The van der Waals surface area contributed by atoms with Gasteiger partial charge in [-0.2, -0.15) is 10.2 Å². The minimum Gasteiger partial charge on any atom is -0.444 e. The Morgan fingerprint density at radius 2 is 1.95 bits per heavy atom. The number of nitriles is 1. The van der Waals surface area contributed by atoms with E-state index in [9.17, 15) is 10.1 Å². The van der Waals surface area contributed by atoms with Crippen molar-refractivity contribution in [1.29, 1.82) is 5.26 Å². The number of benzene rings is 1. The minimum absolute atomic E-state index is 0.103. The molecular formula is C30H34N8O3. The maximum atomic E-state index is 12.7. The van der Waals surface area contributed by atoms with Gasteiger partial charge in [0.15, 0.2) is 5.65 Å². The van der Waals surface area contributed by atoms with E-state index in [4.69, 9.17) is 24.4 Å². The van der Waals surface area contributed by atoms with E-state index >= 15 is 0 Å². The van der Waals surface area contributed by atoms with Gasteiger partial charge in [0.25, 0.3) is 0 Å². The molecule has 1 N–H and O–H groups in total. The summed E-state index contributed by atoms with van der Waals surface area (Å²) in [6, 6.07) is 8.22. The number of hydrogen-bond acceptors (Lipinski definition) is 8. The number of imidazole rings is 1. The summed E-state index contributed by atoms with van der Waals surface area (Å²) in [6.07, 6.45) is 6.29. The highest BCUT2D eigenvalue weighted by Gasteiger charge is 2.43. The number of aromatic nitrogens is 5. The number of carbonyl (C=O) groups is 1. The standard InChI is InChI=1S/C30H34N8O3/c1-30(2,3)41-29(39)37-15-20-13-36(14-21(20)16-37)28-34-25(18-7-8-22-19(11-31)12-32-23(22)10-18)26-27(35-28)38(17-33-26)24-6-4-5-9-40-24/h7-8,10,12,17,20-21,24,32H,4-6,9,13-16H2,1-3H3. The molecule has 6 heterocycles. The van der Waals surface area contributed by atoms with Crippen LogP contribution in [-0.2, 0) is 9.47 Å². The third-order valence-electron chi connectivity index (χ3n) is 8.37. The first-order valence-electron chi connectivity index (χ1n) is 14.4. The summed E-state index contributed by atoms with van der Waals surface area (Å²) in [5, 5.41) is 10.3. The Kier molecular flexibility index (Phi) is 6.12. The Hall–Kier alpha value is -4.17. The van der Waals surface area contributed by atoms with E-state index in [-0.39, 0.29) is 12.3 Å². The molecule has 3 unspecified atom stereocenters. The highest BCUT2D eigenvalue weighted by Crippen LogP contribution is 2.37. The molecule has 7 rings (SSSR count). The van der Waals surface area contributed by atoms with Gasteiger partial charge in [0, 0.05) is 67.3 Å². The van der Waals surface area contributed by atoms with Crippen molar-refractivity contribution in [2.75, 3.05) is 37.7 Å². The lowest BCUT2D eigenvalue weighted by Crippen LogP contribution is -2.37. The van der Waals surface area contributed by atoms with Gasteiger partial charge in [-0.3, -0.25) is 4.57 Å². The fourth-order valence-electron chi connectivity index (χ4n) is 6.40. The summed E-state index contributed by atoms with van der Waals surface area (Å²) in [5.74, 6) is 1.32. The fourth-order valence-corrected chi connectivity index (χ4v) is 6.40. The van der Waals surface area contributed by atoms with Crippen molar-refractivity contribution in [3.05, 3.63) is 36.3 Å². The topological polar surface area (TPSA) is 125 Å². The first-order valence-corrected chi connectivity index (χ1v) is 14.4. The first kappa shape index (κ1) is 25.8. The van der Waals surface area contributed by atoms with Gasteiger partial charge in [-0.25, -0.2) is 14.8 Å². The van der Waals surface area contributed by atoms with Gasteiger partial charge in [0.1, 0.15) is 29.1 Å². The van der Waals surface area contributed by atoms with Crippen molar-refractivity contribution in [1.82, 2.24) is 29.4 Å². The van der Waals surface area contributed by atoms with Crippen molar-refractivity contribution in [3.63, 3.8) is 0 Å². The largest absolute Gasteiger partial charge is 0.444 e. The van der Waals surface area contributed by atoms with Crippen LogP contribution in [0.4, 0.5) is 10.7 Å². The molecule has 11 heteroatoms. The van der Waals surface area contributed by atoms with Gasteiger partial charge in [-0.15, -0.1) is 0 Å². The summed E-state index contributed by atoms with van der Waals surface area (Å²) in [6.45, 7) is 9.29. The number of ether oxygens (including phenoxy) is 2. The normalized spacial score (nSPS) is 22.8. The Balaban J connectivity index is 1.24. The van der Waals surface area contributed by atoms with Gasteiger partial charge in [-0.1, -0.05) is 12.1 Å². The summed E-state index contributed by atoms with van der Waals surface area (Å²) < 4.78 is 13.8. The summed E-state index contributed by atoms with van der Waals surface area (Å²) in [7, 11) is 0. The average Bonchev–Trinajstić information content (AvgIpc) is 3.73. The second-order valence-corrected chi connectivity index (χ2v) is 12.4. The van der Waals surface area contributed by atoms with Crippen LogP contribution in [0.2, 0.25) is 0 Å². The van der Waals surface area contributed by atoms with E-state index < -0.39 is 5.60 Å². The summed E-state index contributed by atoms with van der Waals surface area (Å²) in [5.41, 5.74) is 4.12. The lowest BCUT2D eigenvalue weighted by atomic mass is 10.0. The Labute approximate surface area is 238 Å². The van der Waals surface area contributed by atoms with Crippen LogP contribution in [0, 0.1) is 23.2 Å². The predicted octanol–water partition coefficient (Wildman–Crippen LogP) is 4.85. The second kappa shape index (κ2) is 9.73. The molecular weight excluding hydrogens is 520 g/mol. The van der Waals surface area contributed by atoms with Crippen LogP contribution in [0.5, 0.6) is 0 Å². The molecule has 0 saturated carbocycles. The van der Waals surface area contributed by atoms with Crippen molar-refractivity contribution in [2.45, 2.75) is 51.9 Å². The van der Waals surface area contributed by atoms with Crippen molar-refractivity contribution < 1.29 is 14.3 Å². The molecule has 11 nitrogen and oxygen atoms in total. The molecule has 0 bridgehead atoms. The van der Waals surface area contributed by atoms with E-state index in [1.54, 1.807) is 6.20 Å². The van der Waals surface area contributed by atoms with Gasteiger partial charge in [-0.05, 0) is 46.1 Å². The lowest BCUT2D eigenvalue weighted by molar-refractivity contribution is -0.0298. The number of aromatic amines is 1. The highest BCUT2D eigenvalue weighted by molar-refractivity contribution is 5.94. The number of H-pyrrole nitrogens is 1. The third-order valence-corrected chi connectivity index (χ3v) is 8.37. The monoisotopic (exact) mass is 554 g/mol. The zero-order valence-electron chi connectivity index (χ0n) is 23.6. The maximum absolute atomic E-state index is 12.7. The molecule has 3 atom stereocenters.